The Morgan fingerprint density at radius 1 is 1.00 bits per heavy atom. The molecule has 1 amide bonds. The quantitative estimate of drug-likeness (QED) is 0.714. The molecule has 4 saturated carbocycles. The summed E-state index contributed by atoms with van der Waals surface area (Å²) >= 11 is 3.19. The largest absolute Gasteiger partial charge is 0.273 e. The number of rotatable bonds is 3. The van der Waals surface area contributed by atoms with Gasteiger partial charge >= 0.3 is 0 Å². The minimum atomic E-state index is -0.260. The SMILES string of the molecule is O=C1CS[C@@H](c2ccc(F)cc2)N1c1nnc(C23CC4CC(CC(C4)C2)C3)s1. The Bertz CT molecular complexity index is 893. The van der Waals surface area contributed by atoms with Gasteiger partial charge in [0.2, 0.25) is 11.0 Å². The van der Waals surface area contributed by atoms with Crippen molar-refractivity contribution in [3.05, 3.63) is 40.7 Å². The number of thioether (sulfide) groups is 1. The first kappa shape index (κ1) is 17.4. The lowest BCUT2D eigenvalue weighted by Gasteiger charge is -2.55. The molecule has 2 heterocycles. The van der Waals surface area contributed by atoms with E-state index in [9.17, 15) is 9.18 Å². The standard InChI is InChI=1S/C21H22FN3OS2/c22-16-3-1-15(2-4-16)18-25(17(26)11-27-18)20-24-23-19(28-20)21-8-12-5-13(9-21)7-14(6-12)10-21/h1-4,12-14,18H,5-11H2/t12?,13?,14?,18-,21?/m0/s1. The number of carbonyl (C=O) groups excluding carboxylic acids is 1. The van der Waals surface area contributed by atoms with Crippen molar-refractivity contribution in [3.8, 4) is 0 Å². The van der Waals surface area contributed by atoms with Crippen molar-refractivity contribution in [2.75, 3.05) is 10.7 Å². The first-order valence-corrected chi connectivity index (χ1v) is 12.0. The van der Waals surface area contributed by atoms with E-state index >= 15 is 0 Å². The molecule has 28 heavy (non-hydrogen) atoms. The van der Waals surface area contributed by atoms with E-state index in [0.717, 1.165) is 28.3 Å². The smallest absolute Gasteiger partial charge is 0.240 e. The zero-order valence-electron chi connectivity index (χ0n) is 15.5. The number of anilines is 1. The maximum Gasteiger partial charge on any atom is 0.240 e. The molecule has 2 aromatic rings. The molecule has 4 aliphatic carbocycles. The van der Waals surface area contributed by atoms with E-state index in [1.165, 1.54) is 50.7 Å². The lowest BCUT2D eigenvalue weighted by atomic mass is 9.50. The number of hydrogen-bond donors (Lipinski definition) is 0. The summed E-state index contributed by atoms with van der Waals surface area (Å²) in [7, 11) is 0. The van der Waals surface area contributed by atoms with Crippen LogP contribution in [0.1, 0.15) is 54.5 Å². The number of benzene rings is 1. The van der Waals surface area contributed by atoms with Crippen molar-refractivity contribution in [1.29, 1.82) is 0 Å². The second kappa shape index (κ2) is 6.26. The molecule has 0 spiro atoms. The Morgan fingerprint density at radius 3 is 2.29 bits per heavy atom. The third-order valence-corrected chi connectivity index (χ3v) is 9.52. The van der Waals surface area contributed by atoms with Crippen LogP contribution in [0.4, 0.5) is 9.52 Å². The predicted octanol–water partition coefficient (Wildman–Crippen LogP) is 4.92. The molecule has 1 aliphatic heterocycles. The van der Waals surface area contributed by atoms with Crippen molar-refractivity contribution < 1.29 is 9.18 Å². The predicted molar refractivity (Wildman–Crippen MR) is 109 cm³/mol. The zero-order valence-corrected chi connectivity index (χ0v) is 17.1. The molecule has 5 aliphatic rings. The van der Waals surface area contributed by atoms with E-state index in [2.05, 4.69) is 10.2 Å². The summed E-state index contributed by atoms with van der Waals surface area (Å²) in [6.07, 6.45) is 7.95. The summed E-state index contributed by atoms with van der Waals surface area (Å²) in [5.74, 6) is 2.80. The van der Waals surface area contributed by atoms with Crippen molar-refractivity contribution in [2.24, 2.45) is 17.8 Å². The van der Waals surface area contributed by atoms with Gasteiger partial charge in [-0.1, -0.05) is 23.5 Å². The van der Waals surface area contributed by atoms with E-state index in [1.54, 1.807) is 40.1 Å². The van der Waals surface area contributed by atoms with Crippen molar-refractivity contribution in [3.63, 3.8) is 0 Å². The third-order valence-electron chi connectivity index (χ3n) is 7.14. The maximum absolute atomic E-state index is 13.3. The number of carbonyl (C=O) groups is 1. The van der Waals surface area contributed by atoms with Gasteiger partial charge in [0.1, 0.15) is 16.2 Å². The van der Waals surface area contributed by atoms with E-state index in [0.29, 0.717) is 10.9 Å². The van der Waals surface area contributed by atoms with Crippen LogP contribution in [-0.4, -0.2) is 21.9 Å². The van der Waals surface area contributed by atoms with E-state index in [-0.39, 0.29) is 22.5 Å². The summed E-state index contributed by atoms with van der Waals surface area (Å²) < 4.78 is 13.3. The number of aromatic nitrogens is 2. The highest BCUT2D eigenvalue weighted by Crippen LogP contribution is 2.61. The van der Waals surface area contributed by atoms with Crippen LogP contribution in [0.3, 0.4) is 0 Å². The first-order chi connectivity index (χ1) is 13.6. The summed E-state index contributed by atoms with van der Waals surface area (Å²) in [5, 5.41) is 10.8. The third kappa shape index (κ3) is 2.65. The first-order valence-electron chi connectivity index (χ1n) is 10.1. The van der Waals surface area contributed by atoms with Crippen molar-refractivity contribution >= 4 is 34.1 Å². The Morgan fingerprint density at radius 2 is 1.64 bits per heavy atom. The van der Waals surface area contributed by atoms with E-state index in [4.69, 9.17) is 0 Å². The number of halogens is 1. The van der Waals surface area contributed by atoms with Gasteiger partial charge in [-0.05, 0) is 74.0 Å². The summed E-state index contributed by atoms with van der Waals surface area (Å²) in [6.45, 7) is 0. The Kier molecular flexibility index (Phi) is 3.89. The fourth-order valence-electron chi connectivity index (χ4n) is 6.40. The van der Waals surface area contributed by atoms with Gasteiger partial charge in [0, 0.05) is 5.41 Å². The fraction of sp³-hybridized carbons (Fsp3) is 0.571. The van der Waals surface area contributed by atoms with Crippen LogP contribution < -0.4 is 4.90 Å². The van der Waals surface area contributed by atoms with Gasteiger partial charge in [0.25, 0.3) is 0 Å². The highest BCUT2D eigenvalue weighted by molar-refractivity contribution is 8.00. The minimum Gasteiger partial charge on any atom is -0.273 e. The topological polar surface area (TPSA) is 46.1 Å². The van der Waals surface area contributed by atoms with Crippen LogP contribution in [0.25, 0.3) is 0 Å². The van der Waals surface area contributed by atoms with Gasteiger partial charge < -0.3 is 0 Å². The molecule has 7 heteroatoms. The molecular weight excluding hydrogens is 393 g/mol. The number of hydrogen-bond acceptors (Lipinski definition) is 5. The van der Waals surface area contributed by atoms with Gasteiger partial charge in [-0.2, -0.15) is 0 Å². The molecule has 1 aromatic heterocycles. The molecule has 7 rings (SSSR count). The summed E-state index contributed by atoms with van der Waals surface area (Å²) in [4.78, 5) is 14.4. The monoisotopic (exact) mass is 415 g/mol. The summed E-state index contributed by atoms with van der Waals surface area (Å²) in [5.41, 5.74) is 1.13. The fourth-order valence-corrected chi connectivity index (χ4v) is 8.74. The van der Waals surface area contributed by atoms with Crippen LogP contribution in [0.15, 0.2) is 24.3 Å². The normalized spacial score (nSPS) is 36.5. The van der Waals surface area contributed by atoms with E-state index in [1.807, 2.05) is 0 Å². The lowest BCUT2D eigenvalue weighted by molar-refractivity contribution is -0.115. The highest BCUT2D eigenvalue weighted by atomic mass is 32.2. The van der Waals surface area contributed by atoms with Gasteiger partial charge in [0.15, 0.2) is 0 Å². The molecule has 146 valence electrons. The molecule has 1 atom stereocenters. The molecule has 0 N–H and O–H groups in total. The minimum absolute atomic E-state index is 0.0625. The van der Waals surface area contributed by atoms with Crippen LogP contribution in [-0.2, 0) is 10.2 Å². The van der Waals surface area contributed by atoms with Crippen LogP contribution in [0, 0.1) is 23.6 Å². The molecule has 0 unspecified atom stereocenters. The molecule has 1 aromatic carbocycles. The van der Waals surface area contributed by atoms with Crippen LogP contribution in [0.2, 0.25) is 0 Å². The van der Waals surface area contributed by atoms with Crippen molar-refractivity contribution in [2.45, 2.75) is 49.3 Å². The highest BCUT2D eigenvalue weighted by Gasteiger charge is 2.53. The molecule has 0 radical (unpaired) electrons. The van der Waals surface area contributed by atoms with Gasteiger partial charge in [0.05, 0.1) is 5.75 Å². The molecule has 4 bridgehead atoms. The van der Waals surface area contributed by atoms with Crippen molar-refractivity contribution in [1.82, 2.24) is 10.2 Å². The van der Waals surface area contributed by atoms with Gasteiger partial charge in [-0.15, -0.1) is 22.0 Å². The summed E-state index contributed by atoms with van der Waals surface area (Å²) in [6, 6.07) is 6.44. The van der Waals surface area contributed by atoms with Gasteiger partial charge in [-0.25, -0.2) is 4.39 Å². The molecule has 5 fully saturated rings. The average Bonchev–Trinajstić information content (AvgIpc) is 3.28. The maximum atomic E-state index is 13.3. The average molecular weight is 416 g/mol. The molecule has 4 nitrogen and oxygen atoms in total. The lowest BCUT2D eigenvalue weighted by Crippen LogP contribution is -2.48. The van der Waals surface area contributed by atoms with E-state index < -0.39 is 0 Å². The number of nitrogens with zero attached hydrogens (tertiary/aromatic N) is 3. The van der Waals surface area contributed by atoms with Crippen LogP contribution >= 0.6 is 23.1 Å². The second-order valence-electron chi connectivity index (χ2n) is 9.07. The number of amides is 1. The molecule has 1 saturated heterocycles. The second-order valence-corrected chi connectivity index (χ2v) is 11.1. The van der Waals surface area contributed by atoms with Crippen LogP contribution in [0.5, 0.6) is 0 Å². The Balaban J connectivity index is 1.33. The Labute approximate surface area is 171 Å². The van der Waals surface area contributed by atoms with Gasteiger partial charge in [-0.3, -0.25) is 9.69 Å². The Hall–Kier alpha value is -1.47. The zero-order chi connectivity index (χ0) is 18.9. The molecular formula is C21H22FN3OS2.